The van der Waals surface area contributed by atoms with Crippen molar-refractivity contribution >= 4 is 27.3 Å². The molecule has 0 radical (unpaired) electrons. The Bertz CT molecular complexity index is 326. The maximum absolute atomic E-state index is 9.35. The highest BCUT2D eigenvalue weighted by molar-refractivity contribution is 9.11. The number of ether oxygens (including phenoxy) is 1. The second kappa shape index (κ2) is 6.12. The molecule has 2 unspecified atom stereocenters. The summed E-state index contributed by atoms with van der Waals surface area (Å²) in [5.41, 5.74) is 0. The van der Waals surface area contributed by atoms with Crippen LogP contribution in [0.15, 0.2) is 15.9 Å². The molecule has 16 heavy (non-hydrogen) atoms. The summed E-state index contributed by atoms with van der Waals surface area (Å²) in [4.78, 5) is 1.16. The third-order valence-corrected chi connectivity index (χ3v) is 4.47. The molecule has 3 nitrogen and oxygen atoms in total. The Morgan fingerprint density at radius 1 is 1.62 bits per heavy atom. The second-order valence-corrected chi connectivity index (χ2v) is 6.41. The van der Waals surface area contributed by atoms with Gasteiger partial charge in [0.25, 0.3) is 0 Å². The van der Waals surface area contributed by atoms with Gasteiger partial charge in [-0.3, -0.25) is 0 Å². The first kappa shape index (κ1) is 12.5. The number of hydrogen-bond acceptors (Lipinski definition) is 4. The zero-order valence-corrected chi connectivity index (χ0v) is 11.4. The molecule has 1 aromatic rings. The number of aliphatic hydroxyl groups is 1. The lowest BCUT2D eigenvalue weighted by atomic mass is 10.2. The molecule has 0 bridgehead atoms. The minimum atomic E-state index is 0.0282. The van der Waals surface area contributed by atoms with Crippen LogP contribution in [0.1, 0.15) is 23.8 Å². The molecule has 1 aliphatic heterocycles. The fourth-order valence-corrected chi connectivity index (χ4v) is 3.34. The van der Waals surface area contributed by atoms with E-state index in [2.05, 4.69) is 21.2 Å². The largest absolute Gasteiger partial charge is 0.394 e. The summed E-state index contributed by atoms with van der Waals surface area (Å²) in [7, 11) is 0. The first-order chi connectivity index (χ1) is 7.79. The molecule has 1 aliphatic rings. The number of halogens is 1. The Hall–Kier alpha value is 0.0600. The molecule has 1 fully saturated rings. The minimum Gasteiger partial charge on any atom is -0.394 e. The van der Waals surface area contributed by atoms with Gasteiger partial charge in [0.1, 0.15) is 0 Å². The van der Waals surface area contributed by atoms with Crippen molar-refractivity contribution < 1.29 is 9.84 Å². The Kier molecular flexibility index (Phi) is 4.79. The lowest BCUT2D eigenvalue weighted by Crippen LogP contribution is -2.31. The van der Waals surface area contributed by atoms with E-state index in [-0.39, 0.29) is 12.6 Å². The lowest BCUT2D eigenvalue weighted by Gasteiger charge is -2.17. The zero-order chi connectivity index (χ0) is 11.4. The molecule has 5 heteroatoms. The summed E-state index contributed by atoms with van der Waals surface area (Å²) in [6.07, 6.45) is 2.59. The van der Waals surface area contributed by atoms with Gasteiger partial charge in [0.05, 0.1) is 22.5 Å². The van der Waals surface area contributed by atoms with Gasteiger partial charge in [0.15, 0.2) is 0 Å². The summed E-state index contributed by atoms with van der Waals surface area (Å²) in [6.45, 7) is 1.82. The molecule has 2 heterocycles. The highest BCUT2D eigenvalue weighted by atomic mass is 79.9. The Balaban J connectivity index is 1.85. The predicted octanol–water partition coefficient (Wildman–Crippen LogP) is 2.31. The zero-order valence-electron chi connectivity index (χ0n) is 8.99. The molecule has 0 aliphatic carbocycles. The third-order valence-electron chi connectivity index (χ3n) is 2.74. The first-order valence-corrected chi connectivity index (χ1v) is 7.11. The van der Waals surface area contributed by atoms with Crippen LogP contribution in [0.2, 0.25) is 0 Å². The summed E-state index contributed by atoms with van der Waals surface area (Å²) >= 11 is 5.09. The summed E-state index contributed by atoms with van der Waals surface area (Å²) in [5.74, 6) is 0. The van der Waals surface area contributed by atoms with E-state index in [0.717, 1.165) is 34.7 Å². The van der Waals surface area contributed by atoms with Crippen LogP contribution in [0, 0.1) is 0 Å². The van der Waals surface area contributed by atoms with Crippen molar-refractivity contribution in [2.24, 2.45) is 0 Å². The molecular weight excluding hydrogens is 290 g/mol. The highest BCUT2D eigenvalue weighted by Crippen LogP contribution is 2.27. The molecular formula is C11H16BrNO2S. The molecule has 0 amide bonds. The molecule has 2 rings (SSSR count). The number of thiophene rings is 1. The van der Waals surface area contributed by atoms with Crippen molar-refractivity contribution in [1.29, 1.82) is 0 Å². The fraction of sp³-hybridized carbons (Fsp3) is 0.636. The Labute approximate surface area is 108 Å². The normalized spacial score (nSPS) is 22.5. The highest BCUT2D eigenvalue weighted by Gasteiger charge is 2.18. The van der Waals surface area contributed by atoms with Crippen LogP contribution >= 0.6 is 27.3 Å². The minimum absolute atomic E-state index is 0.0282. The monoisotopic (exact) mass is 305 g/mol. The molecule has 0 aromatic carbocycles. The SMILES string of the molecule is OCC(NCC1CCCO1)c1ccc(Br)s1. The van der Waals surface area contributed by atoms with Crippen LogP contribution in [-0.4, -0.2) is 31.0 Å². The molecule has 0 saturated carbocycles. The maximum atomic E-state index is 9.35. The van der Waals surface area contributed by atoms with E-state index in [4.69, 9.17) is 4.74 Å². The predicted molar refractivity (Wildman–Crippen MR) is 68.8 cm³/mol. The molecule has 1 saturated heterocycles. The van der Waals surface area contributed by atoms with E-state index in [1.54, 1.807) is 11.3 Å². The molecule has 1 aromatic heterocycles. The van der Waals surface area contributed by atoms with Crippen LogP contribution in [0.5, 0.6) is 0 Å². The van der Waals surface area contributed by atoms with Crippen LogP contribution in [-0.2, 0) is 4.74 Å². The van der Waals surface area contributed by atoms with Gasteiger partial charge in [-0.2, -0.15) is 0 Å². The van der Waals surface area contributed by atoms with Gasteiger partial charge in [-0.05, 0) is 40.9 Å². The van der Waals surface area contributed by atoms with E-state index in [1.165, 1.54) is 0 Å². The molecule has 90 valence electrons. The van der Waals surface area contributed by atoms with Crippen LogP contribution in [0.4, 0.5) is 0 Å². The van der Waals surface area contributed by atoms with Crippen molar-refractivity contribution in [3.63, 3.8) is 0 Å². The maximum Gasteiger partial charge on any atom is 0.0702 e. The van der Waals surface area contributed by atoms with Gasteiger partial charge in [-0.1, -0.05) is 0 Å². The second-order valence-electron chi connectivity index (χ2n) is 3.92. The Morgan fingerprint density at radius 2 is 2.50 bits per heavy atom. The van der Waals surface area contributed by atoms with Crippen molar-refractivity contribution in [2.45, 2.75) is 25.0 Å². The fourth-order valence-electron chi connectivity index (χ4n) is 1.85. The summed E-state index contributed by atoms with van der Waals surface area (Å²) in [5, 5.41) is 12.7. The van der Waals surface area contributed by atoms with Crippen molar-refractivity contribution in [1.82, 2.24) is 5.32 Å². The smallest absolute Gasteiger partial charge is 0.0702 e. The first-order valence-electron chi connectivity index (χ1n) is 5.50. The van der Waals surface area contributed by atoms with E-state index in [9.17, 15) is 5.11 Å². The average Bonchev–Trinajstić information content (AvgIpc) is 2.91. The number of rotatable bonds is 5. The van der Waals surface area contributed by atoms with E-state index in [1.807, 2.05) is 12.1 Å². The number of aliphatic hydroxyl groups excluding tert-OH is 1. The molecule has 2 atom stereocenters. The Morgan fingerprint density at radius 3 is 3.06 bits per heavy atom. The van der Waals surface area contributed by atoms with Crippen LogP contribution in [0.25, 0.3) is 0 Å². The average molecular weight is 306 g/mol. The quantitative estimate of drug-likeness (QED) is 0.877. The van der Waals surface area contributed by atoms with Crippen molar-refractivity contribution in [3.05, 3.63) is 20.8 Å². The topological polar surface area (TPSA) is 41.5 Å². The van der Waals surface area contributed by atoms with Crippen LogP contribution < -0.4 is 5.32 Å². The van der Waals surface area contributed by atoms with Gasteiger partial charge in [0.2, 0.25) is 0 Å². The number of hydrogen-bond donors (Lipinski definition) is 2. The van der Waals surface area contributed by atoms with Gasteiger partial charge in [-0.25, -0.2) is 0 Å². The van der Waals surface area contributed by atoms with Gasteiger partial charge in [0, 0.05) is 18.0 Å². The molecule has 2 N–H and O–H groups in total. The van der Waals surface area contributed by atoms with E-state index in [0.29, 0.717) is 6.10 Å². The van der Waals surface area contributed by atoms with Gasteiger partial charge < -0.3 is 15.2 Å². The van der Waals surface area contributed by atoms with Gasteiger partial charge >= 0.3 is 0 Å². The van der Waals surface area contributed by atoms with Gasteiger partial charge in [-0.15, -0.1) is 11.3 Å². The summed E-state index contributed by atoms with van der Waals surface area (Å²) in [6, 6.07) is 4.08. The standard InChI is InChI=1S/C11H16BrNO2S/c12-11-4-3-10(16-11)9(7-14)13-6-8-2-1-5-15-8/h3-4,8-9,13-14H,1-2,5-7H2. The summed E-state index contributed by atoms with van der Waals surface area (Å²) < 4.78 is 6.64. The number of nitrogens with one attached hydrogen (secondary N) is 1. The van der Waals surface area contributed by atoms with Crippen molar-refractivity contribution in [3.8, 4) is 0 Å². The van der Waals surface area contributed by atoms with Crippen LogP contribution in [0.3, 0.4) is 0 Å². The van der Waals surface area contributed by atoms with E-state index < -0.39 is 0 Å². The lowest BCUT2D eigenvalue weighted by molar-refractivity contribution is 0.104. The van der Waals surface area contributed by atoms with E-state index >= 15 is 0 Å². The third kappa shape index (κ3) is 3.28. The molecule has 0 spiro atoms. The van der Waals surface area contributed by atoms with Crippen molar-refractivity contribution in [2.75, 3.05) is 19.8 Å².